The fourth-order valence-electron chi connectivity index (χ4n) is 11.3. The van der Waals surface area contributed by atoms with E-state index in [1.165, 1.54) is 0 Å². The molecule has 0 aliphatic rings. The molecule has 7 heteroatoms. The van der Waals surface area contributed by atoms with Gasteiger partial charge in [-0.15, -0.1) is 13.0 Å². The number of furan rings is 1. The predicted molar refractivity (Wildman–Crippen MR) is 327 cm³/mol. The highest BCUT2D eigenvalue weighted by atomic mass is 16.3. The Bertz CT molecular complexity index is 4470. The number of terminal acetylenes is 1. The fourth-order valence-corrected chi connectivity index (χ4v) is 11.3. The topological polar surface area (TPSA) is 77.1 Å². The Labute approximate surface area is 455 Å². The molecule has 11 rings (SSSR count). The lowest BCUT2D eigenvalue weighted by Crippen LogP contribution is -2.19. The molecule has 0 aliphatic heterocycles. The monoisotopic (exact) mass is 1010 g/mol. The van der Waals surface area contributed by atoms with Crippen molar-refractivity contribution in [1.29, 1.82) is 10.5 Å². The molecule has 0 saturated heterocycles. The first-order valence-electron chi connectivity index (χ1n) is 26.4. The van der Waals surface area contributed by atoms with E-state index in [9.17, 15) is 10.5 Å². The molecular formula is C71H56N6O. The fraction of sp³-hybridized carbons (Fsp3) is 0.0986. The van der Waals surface area contributed by atoms with Crippen molar-refractivity contribution in [2.75, 3.05) is 9.80 Å². The van der Waals surface area contributed by atoms with E-state index in [-0.39, 0.29) is 6.42 Å². The van der Waals surface area contributed by atoms with Crippen molar-refractivity contribution in [1.82, 2.24) is 9.13 Å². The highest BCUT2D eigenvalue weighted by Crippen LogP contribution is 2.44. The maximum atomic E-state index is 11.6. The Morgan fingerprint density at radius 1 is 0.679 bits per heavy atom. The number of hydrogen-bond acceptors (Lipinski definition) is 5. The number of nitriles is 2. The van der Waals surface area contributed by atoms with Gasteiger partial charge >= 0.3 is 0 Å². The molecule has 0 amide bonds. The van der Waals surface area contributed by atoms with Crippen LogP contribution in [0.4, 0.5) is 22.7 Å². The van der Waals surface area contributed by atoms with E-state index >= 15 is 0 Å². The quantitative estimate of drug-likeness (QED) is 0.0443. The van der Waals surface area contributed by atoms with Gasteiger partial charge in [0, 0.05) is 78.5 Å². The first-order valence-corrected chi connectivity index (χ1v) is 26.4. The van der Waals surface area contributed by atoms with E-state index in [0.29, 0.717) is 29.7 Å². The lowest BCUT2D eigenvalue weighted by Gasteiger charge is -2.31. The van der Waals surface area contributed by atoms with E-state index in [2.05, 4.69) is 191 Å². The Morgan fingerprint density at radius 2 is 1.40 bits per heavy atom. The maximum Gasteiger partial charge on any atom is 0.137 e. The van der Waals surface area contributed by atoms with Crippen molar-refractivity contribution in [2.24, 2.45) is 0 Å². The van der Waals surface area contributed by atoms with Crippen molar-refractivity contribution >= 4 is 99.9 Å². The summed E-state index contributed by atoms with van der Waals surface area (Å²) in [6.07, 6.45) is 21.7. The van der Waals surface area contributed by atoms with Crippen LogP contribution in [-0.2, 0) is 0 Å². The number of benzene rings is 8. The first kappa shape index (κ1) is 49.9. The third-order valence-electron chi connectivity index (χ3n) is 14.6. The molecule has 0 fully saturated rings. The summed E-state index contributed by atoms with van der Waals surface area (Å²) in [4.78, 5) is 4.36. The van der Waals surface area contributed by atoms with Crippen LogP contribution in [0.2, 0.25) is 0 Å². The minimum absolute atomic E-state index is 0.00636. The number of aromatic nitrogens is 2. The van der Waals surface area contributed by atoms with E-state index < -0.39 is 0 Å². The molecule has 3 aromatic heterocycles. The van der Waals surface area contributed by atoms with Crippen molar-refractivity contribution in [3.63, 3.8) is 0 Å². The van der Waals surface area contributed by atoms with Crippen LogP contribution in [0.5, 0.6) is 0 Å². The first-order chi connectivity index (χ1) is 38.3. The van der Waals surface area contributed by atoms with Crippen LogP contribution in [0.15, 0.2) is 234 Å². The Balaban J connectivity index is 1.15. The molecule has 0 radical (unpaired) electrons. The predicted octanol–water partition coefficient (Wildman–Crippen LogP) is 19.1. The number of fused-ring (bicyclic) bond motifs is 9. The Hall–Kier alpha value is -10.3. The summed E-state index contributed by atoms with van der Waals surface area (Å²) in [5, 5.41) is 29.8. The molecule has 78 heavy (non-hydrogen) atoms. The summed E-state index contributed by atoms with van der Waals surface area (Å²) in [7, 11) is 0. The van der Waals surface area contributed by atoms with Gasteiger partial charge in [-0.1, -0.05) is 122 Å². The van der Waals surface area contributed by atoms with Gasteiger partial charge in [0.2, 0.25) is 0 Å². The normalized spacial score (nSPS) is 12.5. The van der Waals surface area contributed by atoms with Crippen LogP contribution in [0, 0.1) is 41.9 Å². The van der Waals surface area contributed by atoms with Crippen LogP contribution in [0.3, 0.4) is 0 Å². The molecule has 376 valence electrons. The van der Waals surface area contributed by atoms with E-state index in [1.54, 1.807) is 0 Å². The second-order valence-corrected chi connectivity index (χ2v) is 19.2. The van der Waals surface area contributed by atoms with Crippen LogP contribution in [0.1, 0.15) is 56.9 Å². The minimum Gasteiger partial charge on any atom is -0.456 e. The van der Waals surface area contributed by atoms with Crippen molar-refractivity contribution in [3.8, 4) is 30.2 Å². The summed E-state index contributed by atoms with van der Waals surface area (Å²) >= 11 is 0. The summed E-state index contributed by atoms with van der Waals surface area (Å²) in [5.74, 6) is 2.99. The molecule has 0 unspecified atom stereocenters. The molecule has 0 saturated carbocycles. The van der Waals surface area contributed by atoms with Crippen LogP contribution < -0.4 is 9.80 Å². The summed E-state index contributed by atoms with van der Waals surface area (Å²) < 4.78 is 11.0. The van der Waals surface area contributed by atoms with Gasteiger partial charge in [-0.2, -0.15) is 10.5 Å². The lowest BCUT2D eigenvalue weighted by molar-refractivity contribution is 0.669. The standard InChI is InChI=1S/C71H56N6O/c1-7-12-25-51(22-8-2)74(52-26-14-13-15-27-52)53-35-39-64(48(6)43-53)75(55-34-37-61-60-30-19-21-32-69(60)78-70(61)46-55)56(41-42-72)44-50(47-73)63(11-5)77-67-40-36-54(45-62(67)71-58-28-17-16-24-49(58)33-38-68(71)77)76-65(23-9-3)57(10-4)59-29-18-20-31-66(59)76/h4,7-9,13-40,43-46H,1,11-12,41H2,2-3,5-6H3/b22-8-,23-9-,51-25+,56-44+,63-50-. The zero-order valence-electron chi connectivity index (χ0n) is 44.2. The zero-order valence-corrected chi connectivity index (χ0v) is 44.2. The van der Waals surface area contributed by atoms with Gasteiger partial charge in [0.25, 0.3) is 0 Å². The highest BCUT2D eigenvalue weighted by molar-refractivity contribution is 6.22. The second kappa shape index (κ2) is 21.5. The molecule has 11 aromatic rings. The van der Waals surface area contributed by atoms with Gasteiger partial charge < -0.3 is 23.4 Å². The summed E-state index contributed by atoms with van der Waals surface area (Å²) in [6, 6.07) is 63.8. The molecule has 3 heterocycles. The smallest absolute Gasteiger partial charge is 0.137 e. The SMILES string of the molecule is C#Cc1c(/C=C\C)n(-c2ccc3c(c2)c2c4ccccc4ccc2n3/C(CC)=C(C#N)/C=C(\CC#N)N(c2ccc3c(c2)oc2ccccc23)c2ccc(N(C(/C=C\C)=C/CC=C)c3ccccc3)cc2C)c2ccccc12. The number of nitrogens with zero attached hydrogens (tertiary/aromatic N) is 6. The van der Waals surface area contributed by atoms with Crippen molar-refractivity contribution in [3.05, 3.63) is 247 Å². The average molecular weight is 1010 g/mol. The van der Waals surface area contributed by atoms with E-state index in [4.69, 9.17) is 10.8 Å². The minimum atomic E-state index is -0.00636. The number of hydrogen-bond donors (Lipinski definition) is 0. The number of allylic oxidation sites excluding steroid dienone is 9. The molecule has 0 N–H and O–H groups in total. The van der Waals surface area contributed by atoms with Crippen LogP contribution in [-0.4, -0.2) is 9.13 Å². The van der Waals surface area contributed by atoms with Crippen molar-refractivity contribution in [2.45, 2.75) is 47.0 Å². The van der Waals surface area contributed by atoms with Gasteiger partial charge in [-0.05, 0) is 147 Å². The third-order valence-corrected chi connectivity index (χ3v) is 14.6. The van der Waals surface area contributed by atoms with Gasteiger partial charge in [0.15, 0.2) is 0 Å². The Kier molecular flexibility index (Phi) is 13.8. The molecule has 0 bridgehead atoms. The third kappa shape index (κ3) is 8.72. The number of anilines is 4. The molecular weight excluding hydrogens is 953 g/mol. The largest absolute Gasteiger partial charge is 0.456 e. The number of rotatable bonds is 15. The van der Waals surface area contributed by atoms with E-state index in [0.717, 1.165) is 116 Å². The van der Waals surface area contributed by atoms with Crippen LogP contribution in [0.25, 0.3) is 82.9 Å². The highest BCUT2D eigenvalue weighted by Gasteiger charge is 2.25. The molecule has 0 atom stereocenters. The molecule has 7 nitrogen and oxygen atoms in total. The lowest BCUT2D eigenvalue weighted by atomic mass is 10.0. The zero-order chi connectivity index (χ0) is 53.9. The Morgan fingerprint density at radius 3 is 2.14 bits per heavy atom. The number of aryl methyl sites for hydroxylation is 1. The van der Waals surface area contributed by atoms with Gasteiger partial charge in [-0.3, -0.25) is 0 Å². The molecule has 0 aliphatic carbocycles. The van der Waals surface area contributed by atoms with E-state index in [1.807, 2.05) is 92.7 Å². The second-order valence-electron chi connectivity index (χ2n) is 19.2. The average Bonchev–Trinajstić information content (AvgIpc) is 4.20. The molecule has 0 spiro atoms. The summed E-state index contributed by atoms with van der Waals surface area (Å²) in [6.45, 7) is 12.2. The summed E-state index contributed by atoms with van der Waals surface area (Å²) in [5.41, 5.74) is 14.6. The van der Waals surface area contributed by atoms with Gasteiger partial charge in [0.1, 0.15) is 17.2 Å². The van der Waals surface area contributed by atoms with Crippen molar-refractivity contribution < 1.29 is 4.42 Å². The number of para-hydroxylation sites is 3. The maximum absolute atomic E-state index is 11.6. The van der Waals surface area contributed by atoms with Gasteiger partial charge in [-0.25, -0.2) is 0 Å². The molecule has 8 aromatic carbocycles. The van der Waals surface area contributed by atoms with Gasteiger partial charge in [0.05, 0.1) is 45.9 Å². The van der Waals surface area contributed by atoms with Crippen LogP contribution >= 0.6 is 0 Å².